The third kappa shape index (κ3) is 9.47. The van der Waals surface area contributed by atoms with E-state index in [0.717, 1.165) is 46.6 Å². The Hall–Kier alpha value is -3.65. The van der Waals surface area contributed by atoms with Crippen LogP contribution in [0.1, 0.15) is 115 Å². The molecule has 0 saturated carbocycles. The zero-order chi connectivity index (χ0) is 35.1. The van der Waals surface area contributed by atoms with Gasteiger partial charge >= 0.3 is 12.1 Å². The number of allylic oxidation sites excluding steroid dienone is 7. The number of ether oxygens (including phenoxy) is 1. The smallest absolute Gasteiger partial charge is 0.416 e. The zero-order valence-corrected chi connectivity index (χ0v) is 29.8. The minimum absolute atomic E-state index is 0.0967. The van der Waals surface area contributed by atoms with Crippen LogP contribution in [-0.2, 0) is 11.0 Å². The Kier molecular flexibility index (Phi) is 13.2. The Labute approximate surface area is 282 Å². The molecule has 0 bridgehead atoms. The quantitative estimate of drug-likeness (QED) is 0.126. The predicted octanol–water partition coefficient (Wildman–Crippen LogP) is 11.8. The number of hydrogen-bond acceptors (Lipinski definition) is 4. The van der Waals surface area contributed by atoms with Gasteiger partial charge in [0.2, 0.25) is 0 Å². The lowest BCUT2D eigenvalue weighted by atomic mass is 9.91. The monoisotopic (exact) mass is 667 g/mol. The fraction of sp³-hybridized carbons (Fsp3) is 0.410. The van der Waals surface area contributed by atoms with Gasteiger partial charge in [0, 0.05) is 32.5 Å². The molecule has 1 aliphatic rings. The van der Waals surface area contributed by atoms with Crippen LogP contribution >= 0.6 is 11.8 Å². The van der Waals surface area contributed by atoms with Crippen LogP contribution in [0.2, 0.25) is 0 Å². The molecule has 2 aromatic rings. The number of hydrogen-bond donors (Lipinski definition) is 2. The van der Waals surface area contributed by atoms with E-state index >= 15 is 0 Å². The van der Waals surface area contributed by atoms with Gasteiger partial charge < -0.3 is 15.2 Å². The van der Waals surface area contributed by atoms with Gasteiger partial charge in [0.05, 0.1) is 17.2 Å². The molecule has 0 saturated heterocycles. The van der Waals surface area contributed by atoms with Crippen molar-refractivity contribution in [2.75, 3.05) is 0 Å². The highest BCUT2D eigenvalue weighted by molar-refractivity contribution is 8.00. The summed E-state index contributed by atoms with van der Waals surface area (Å²) >= 11 is 1.79. The van der Waals surface area contributed by atoms with E-state index in [9.17, 15) is 23.1 Å². The highest BCUT2D eigenvalue weighted by Crippen LogP contribution is 2.46. The Morgan fingerprint density at radius 2 is 1.74 bits per heavy atom. The molecule has 2 unspecified atom stereocenters. The number of carboxylic acid groups (broad SMARTS) is 1. The van der Waals surface area contributed by atoms with E-state index in [2.05, 4.69) is 32.2 Å². The minimum Gasteiger partial charge on any atom is -0.478 e. The van der Waals surface area contributed by atoms with Gasteiger partial charge in [0.15, 0.2) is 0 Å². The molecule has 0 aromatic heterocycles. The maximum Gasteiger partial charge on any atom is 0.416 e. The van der Waals surface area contributed by atoms with E-state index in [0.29, 0.717) is 52.0 Å². The van der Waals surface area contributed by atoms with Crippen molar-refractivity contribution in [3.8, 4) is 5.75 Å². The number of benzene rings is 2. The first kappa shape index (κ1) is 37.8. The summed E-state index contributed by atoms with van der Waals surface area (Å²) in [6.45, 7) is 17.6. The van der Waals surface area contributed by atoms with E-state index in [-0.39, 0.29) is 11.1 Å². The molecule has 2 aromatic carbocycles. The summed E-state index contributed by atoms with van der Waals surface area (Å²) < 4.78 is 49.7. The molecule has 0 amide bonds. The van der Waals surface area contributed by atoms with Crippen molar-refractivity contribution in [3.63, 3.8) is 0 Å². The Morgan fingerprint density at radius 1 is 1.04 bits per heavy atom. The van der Waals surface area contributed by atoms with E-state index < -0.39 is 23.8 Å². The molecule has 0 aliphatic carbocycles. The Morgan fingerprint density at radius 3 is 2.32 bits per heavy atom. The van der Waals surface area contributed by atoms with Gasteiger partial charge in [-0.1, -0.05) is 70.0 Å². The van der Waals surface area contributed by atoms with Crippen LogP contribution in [0.25, 0.3) is 11.3 Å². The average Bonchev–Trinajstić information content (AvgIpc) is 3.02. The summed E-state index contributed by atoms with van der Waals surface area (Å²) in [7, 11) is 0. The summed E-state index contributed by atoms with van der Waals surface area (Å²) in [6.07, 6.45) is 5.56. The molecule has 0 radical (unpaired) electrons. The first-order chi connectivity index (χ1) is 22.1. The number of aliphatic carboxylic acids is 1. The molecule has 8 heteroatoms. The summed E-state index contributed by atoms with van der Waals surface area (Å²) in [5.41, 5.74) is 4.55. The standard InChI is InChI=1S/C39H48F3NO3S/c1-10-14-28-19-34(29-17-16-25(7)35(20-29)47-26(8)13-4)46-37-31(21-30(22-32(28)37)39(40,41)42)27(9)43-33(18-15-23(5)11-2)36(38(44)45)24(6)12-3/h14-22,26-27,43H,10-13H2,1-9H3,(H,44,45)/b23-15+,28-14-,33-18+,36-24+. The Balaban J connectivity index is 2.26. The lowest BCUT2D eigenvalue weighted by molar-refractivity contribution is -0.137. The van der Waals surface area contributed by atoms with Gasteiger partial charge in [-0.25, -0.2) is 4.79 Å². The number of thioether (sulfide) groups is 1. The van der Waals surface area contributed by atoms with Gasteiger partial charge in [-0.2, -0.15) is 13.2 Å². The number of aryl methyl sites for hydroxylation is 1. The molecule has 254 valence electrons. The molecule has 4 nitrogen and oxygen atoms in total. The molecular weight excluding hydrogens is 619 g/mol. The lowest BCUT2D eigenvalue weighted by Crippen LogP contribution is -2.25. The fourth-order valence-corrected chi connectivity index (χ4v) is 6.15. The number of rotatable bonds is 13. The molecule has 3 rings (SSSR count). The second kappa shape index (κ2) is 16.4. The maximum absolute atomic E-state index is 14.4. The third-order valence-electron chi connectivity index (χ3n) is 8.43. The molecule has 0 fully saturated rings. The van der Waals surface area contributed by atoms with Gasteiger partial charge in [0.25, 0.3) is 0 Å². The van der Waals surface area contributed by atoms with Crippen LogP contribution in [0.15, 0.2) is 81.9 Å². The number of fused-ring (bicyclic) bond motifs is 1. The number of carboxylic acids is 1. The summed E-state index contributed by atoms with van der Waals surface area (Å²) in [5.74, 6) is -0.245. The van der Waals surface area contributed by atoms with Crippen LogP contribution in [-0.4, -0.2) is 16.3 Å². The second-order valence-electron chi connectivity index (χ2n) is 12.1. The number of carbonyl (C=O) groups is 1. The number of nitrogens with one attached hydrogen (secondary N) is 1. The first-order valence-corrected chi connectivity index (χ1v) is 17.2. The molecule has 0 spiro atoms. The normalized spacial score (nSPS) is 16.6. The zero-order valence-electron chi connectivity index (χ0n) is 29.0. The predicted molar refractivity (Wildman–Crippen MR) is 189 cm³/mol. The first-order valence-electron chi connectivity index (χ1n) is 16.3. The lowest BCUT2D eigenvalue weighted by Gasteiger charge is -2.28. The second-order valence-corrected chi connectivity index (χ2v) is 13.5. The Bertz CT molecular complexity index is 1630. The van der Waals surface area contributed by atoms with Gasteiger partial charge in [-0.15, -0.1) is 11.8 Å². The highest BCUT2D eigenvalue weighted by Gasteiger charge is 2.35. The maximum atomic E-state index is 14.4. The molecule has 1 aliphatic heterocycles. The molecule has 1 heterocycles. The van der Waals surface area contributed by atoms with Crippen molar-refractivity contribution < 1.29 is 27.8 Å². The van der Waals surface area contributed by atoms with E-state index in [1.807, 2.05) is 58.1 Å². The van der Waals surface area contributed by atoms with Crippen LogP contribution in [0.5, 0.6) is 5.75 Å². The number of halogens is 3. The van der Waals surface area contributed by atoms with Crippen molar-refractivity contribution in [1.29, 1.82) is 0 Å². The molecule has 2 atom stereocenters. The van der Waals surface area contributed by atoms with Crippen LogP contribution in [0.4, 0.5) is 13.2 Å². The van der Waals surface area contributed by atoms with Crippen molar-refractivity contribution >= 4 is 29.1 Å². The van der Waals surface area contributed by atoms with Gasteiger partial charge in [-0.05, 0) is 94.9 Å². The van der Waals surface area contributed by atoms with Crippen molar-refractivity contribution in [2.45, 2.75) is 110 Å². The largest absolute Gasteiger partial charge is 0.478 e. The van der Waals surface area contributed by atoms with Crippen LogP contribution in [0, 0.1) is 6.92 Å². The third-order valence-corrected chi connectivity index (χ3v) is 9.85. The molecule has 2 N–H and O–H groups in total. The van der Waals surface area contributed by atoms with Crippen LogP contribution < -0.4 is 10.1 Å². The van der Waals surface area contributed by atoms with Gasteiger partial charge in [0.1, 0.15) is 11.5 Å². The van der Waals surface area contributed by atoms with Gasteiger partial charge in [-0.3, -0.25) is 0 Å². The number of alkyl halides is 3. The fourth-order valence-electron chi connectivity index (χ4n) is 5.10. The molecular formula is C39H48F3NO3S. The summed E-state index contributed by atoms with van der Waals surface area (Å²) in [6, 6.07) is 7.61. The highest BCUT2D eigenvalue weighted by atomic mass is 32.2. The van der Waals surface area contributed by atoms with E-state index in [4.69, 9.17) is 4.74 Å². The minimum atomic E-state index is -4.60. The van der Waals surface area contributed by atoms with E-state index in [1.54, 1.807) is 31.7 Å². The van der Waals surface area contributed by atoms with Crippen molar-refractivity contribution in [1.82, 2.24) is 5.32 Å². The average molecular weight is 668 g/mol. The summed E-state index contributed by atoms with van der Waals surface area (Å²) in [4.78, 5) is 13.6. The SMILES string of the molecule is CC/C=C1/C=C(c2ccc(C)c(SC(C)CC)c2)Oc2c1cc(C(F)(F)F)cc2C(C)NC(=C/C=C(\C)CC)/C(C(=O)O)=C(/C)CC. The van der Waals surface area contributed by atoms with Crippen LogP contribution in [0.3, 0.4) is 0 Å². The van der Waals surface area contributed by atoms with E-state index in [1.165, 1.54) is 0 Å². The summed E-state index contributed by atoms with van der Waals surface area (Å²) in [5, 5.41) is 13.9. The molecule has 47 heavy (non-hydrogen) atoms. The van der Waals surface area contributed by atoms with Crippen molar-refractivity contribution in [3.05, 3.63) is 105 Å². The topological polar surface area (TPSA) is 58.6 Å². The van der Waals surface area contributed by atoms with Crippen molar-refractivity contribution in [2.24, 2.45) is 0 Å².